The van der Waals surface area contributed by atoms with Crippen LogP contribution in [0.5, 0.6) is 5.75 Å². The third-order valence-electron chi connectivity index (χ3n) is 2.30. The van der Waals surface area contributed by atoms with Crippen molar-refractivity contribution in [3.63, 3.8) is 0 Å². The molecular weight excluding hydrogens is 206 g/mol. The summed E-state index contributed by atoms with van der Waals surface area (Å²) in [5.41, 5.74) is -0.555. The molecule has 0 radical (unpaired) electrons. The van der Waals surface area contributed by atoms with Gasteiger partial charge >= 0.3 is 5.97 Å². The fraction of sp³-hybridized carbons (Fsp3) is 0.300. The highest BCUT2D eigenvalue weighted by atomic mass is 19.3. The molecule has 0 aliphatic carbocycles. The highest BCUT2D eigenvalue weighted by Crippen LogP contribution is 2.42. The van der Waals surface area contributed by atoms with Crippen LogP contribution in [-0.2, 0) is 5.92 Å². The summed E-state index contributed by atoms with van der Waals surface area (Å²) in [6.45, 7) is -0.162. The molecule has 2 rings (SSSR count). The number of hydrogen-bond donors (Lipinski definition) is 1. The summed E-state index contributed by atoms with van der Waals surface area (Å²) in [5, 5.41) is 8.79. The van der Waals surface area contributed by atoms with Gasteiger partial charge in [0.2, 0.25) is 0 Å². The fourth-order valence-corrected chi connectivity index (χ4v) is 1.56. The molecule has 0 saturated carbocycles. The lowest BCUT2D eigenvalue weighted by Crippen LogP contribution is -2.25. The van der Waals surface area contributed by atoms with Crippen LogP contribution in [0.1, 0.15) is 22.3 Å². The van der Waals surface area contributed by atoms with Gasteiger partial charge in [-0.15, -0.1) is 0 Å². The molecular formula is C10H8F2O3. The average molecular weight is 214 g/mol. The first-order valence-corrected chi connectivity index (χ1v) is 4.40. The predicted molar refractivity (Wildman–Crippen MR) is 47.4 cm³/mol. The maximum absolute atomic E-state index is 13.4. The second-order valence-corrected chi connectivity index (χ2v) is 3.29. The predicted octanol–water partition coefficient (Wildman–Crippen LogP) is 2.26. The van der Waals surface area contributed by atoms with E-state index >= 15 is 0 Å². The number of fused-ring (bicyclic) bond motifs is 1. The molecule has 0 unspecified atom stereocenters. The standard InChI is InChI=1S/C10H8F2O3/c11-10(12)4-5-15-8-6(9(13)14)2-1-3-7(8)10/h1-3H,4-5H2,(H,13,14). The van der Waals surface area contributed by atoms with E-state index in [1.165, 1.54) is 18.2 Å². The third kappa shape index (κ3) is 1.54. The summed E-state index contributed by atoms with van der Waals surface area (Å²) < 4.78 is 31.7. The number of aromatic carboxylic acids is 1. The van der Waals surface area contributed by atoms with Gasteiger partial charge < -0.3 is 9.84 Å². The van der Waals surface area contributed by atoms with Crippen LogP contribution < -0.4 is 4.74 Å². The van der Waals surface area contributed by atoms with Gasteiger partial charge in [0.15, 0.2) is 0 Å². The van der Waals surface area contributed by atoms with Crippen LogP contribution >= 0.6 is 0 Å². The Kier molecular flexibility index (Phi) is 2.10. The van der Waals surface area contributed by atoms with E-state index in [4.69, 9.17) is 9.84 Å². The molecule has 1 aromatic carbocycles. The molecule has 0 atom stereocenters. The lowest BCUT2D eigenvalue weighted by Gasteiger charge is -2.26. The maximum Gasteiger partial charge on any atom is 0.339 e. The smallest absolute Gasteiger partial charge is 0.339 e. The van der Waals surface area contributed by atoms with E-state index in [0.29, 0.717) is 0 Å². The molecule has 1 N–H and O–H groups in total. The molecule has 5 heteroatoms. The lowest BCUT2D eigenvalue weighted by atomic mass is 9.99. The normalized spacial score (nSPS) is 17.7. The number of benzene rings is 1. The van der Waals surface area contributed by atoms with Crippen LogP contribution in [0.3, 0.4) is 0 Å². The van der Waals surface area contributed by atoms with Crippen LogP contribution in [0.2, 0.25) is 0 Å². The molecule has 0 fully saturated rings. The quantitative estimate of drug-likeness (QED) is 0.779. The Balaban J connectivity index is 2.61. The summed E-state index contributed by atoms with van der Waals surface area (Å²) in [4.78, 5) is 10.8. The Labute approximate surface area is 84.3 Å². The van der Waals surface area contributed by atoms with Gasteiger partial charge in [-0.05, 0) is 12.1 Å². The monoisotopic (exact) mass is 214 g/mol. The van der Waals surface area contributed by atoms with Crippen molar-refractivity contribution in [2.24, 2.45) is 0 Å². The second-order valence-electron chi connectivity index (χ2n) is 3.29. The summed E-state index contributed by atoms with van der Waals surface area (Å²) in [6.07, 6.45) is -0.414. The number of hydrogen-bond acceptors (Lipinski definition) is 2. The molecule has 1 heterocycles. The molecule has 0 spiro atoms. The van der Waals surface area contributed by atoms with E-state index in [-0.39, 0.29) is 23.5 Å². The van der Waals surface area contributed by atoms with Gasteiger partial charge in [-0.2, -0.15) is 0 Å². The topological polar surface area (TPSA) is 46.5 Å². The van der Waals surface area contributed by atoms with E-state index in [1.807, 2.05) is 0 Å². The number of para-hydroxylation sites is 1. The summed E-state index contributed by atoms with van der Waals surface area (Å²) in [7, 11) is 0. The molecule has 0 saturated heterocycles. The first kappa shape index (κ1) is 9.89. The molecule has 3 nitrogen and oxygen atoms in total. The number of rotatable bonds is 1. The summed E-state index contributed by atoms with van der Waals surface area (Å²) in [5.74, 6) is -4.47. The summed E-state index contributed by atoms with van der Waals surface area (Å²) >= 11 is 0. The molecule has 0 aromatic heterocycles. The first-order chi connectivity index (χ1) is 7.02. The lowest BCUT2D eigenvalue weighted by molar-refractivity contribution is -0.0407. The van der Waals surface area contributed by atoms with Crippen molar-refractivity contribution in [3.8, 4) is 5.75 Å². The van der Waals surface area contributed by atoms with E-state index in [1.54, 1.807) is 0 Å². The second kappa shape index (κ2) is 3.18. The van der Waals surface area contributed by atoms with Gasteiger partial charge in [0.1, 0.15) is 11.3 Å². The van der Waals surface area contributed by atoms with Crippen molar-refractivity contribution >= 4 is 5.97 Å². The van der Waals surface area contributed by atoms with Crippen molar-refractivity contribution in [3.05, 3.63) is 29.3 Å². The van der Waals surface area contributed by atoms with Crippen molar-refractivity contribution < 1.29 is 23.4 Å². The third-order valence-corrected chi connectivity index (χ3v) is 2.30. The van der Waals surface area contributed by atoms with Crippen molar-refractivity contribution in [1.29, 1.82) is 0 Å². The molecule has 15 heavy (non-hydrogen) atoms. The average Bonchev–Trinajstić information content (AvgIpc) is 2.16. The minimum absolute atomic E-state index is 0.162. The Morgan fingerprint density at radius 2 is 2.20 bits per heavy atom. The maximum atomic E-state index is 13.4. The Hall–Kier alpha value is -1.65. The summed E-state index contributed by atoms with van der Waals surface area (Å²) in [6, 6.07) is 3.74. The van der Waals surface area contributed by atoms with Gasteiger partial charge in [-0.3, -0.25) is 0 Å². The van der Waals surface area contributed by atoms with E-state index in [0.717, 1.165) is 0 Å². The van der Waals surface area contributed by atoms with E-state index in [2.05, 4.69) is 0 Å². The zero-order valence-corrected chi connectivity index (χ0v) is 7.67. The first-order valence-electron chi connectivity index (χ1n) is 4.40. The zero-order chi connectivity index (χ0) is 11.1. The van der Waals surface area contributed by atoms with Gasteiger partial charge in [-0.1, -0.05) is 6.07 Å². The SMILES string of the molecule is O=C(O)c1cccc2c1OCCC2(F)F. The van der Waals surface area contributed by atoms with Gasteiger partial charge in [0.25, 0.3) is 5.92 Å². The van der Waals surface area contributed by atoms with Crippen molar-refractivity contribution in [2.45, 2.75) is 12.3 Å². The Morgan fingerprint density at radius 1 is 1.47 bits per heavy atom. The number of alkyl halides is 2. The fourth-order valence-electron chi connectivity index (χ4n) is 1.56. The number of carboxylic acid groups (broad SMARTS) is 1. The van der Waals surface area contributed by atoms with Gasteiger partial charge in [0, 0.05) is 0 Å². The van der Waals surface area contributed by atoms with Gasteiger partial charge in [0.05, 0.1) is 18.6 Å². The molecule has 1 aliphatic rings. The van der Waals surface area contributed by atoms with Gasteiger partial charge in [-0.25, -0.2) is 13.6 Å². The van der Waals surface area contributed by atoms with Crippen LogP contribution in [0.15, 0.2) is 18.2 Å². The number of ether oxygens (including phenoxy) is 1. The zero-order valence-electron chi connectivity index (χ0n) is 7.67. The molecule has 1 aliphatic heterocycles. The molecule has 80 valence electrons. The molecule has 1 aromatic rings. The molecule has 0 amide bonds. The van der Waals surface area contributed by atoms with Crippen molar-refractivity contribution in [1.82, 2.24) is 0 Å². The molecule has 0 bridgehead atoms. The van der Waals surface area contributed by atoms with Crippen LogP contribution in [-0.4, -0.2) is 17.7 Å². The van der Waals surface area contributed by atoms with Crippen molar-refractivity contribution in [2.75, 3.05) is 6.61 Å². The highest BCUT2D eigenvalue weighted by Gasteiger charge is 2.39. The van der Waals surface area contributed by atoms with Crippen LogP contribution in [0, 0.1) is 0 Å². The Bertz CT molecular complexity index is 415. The number of carboxylic acids is 1. The van der Waals surface area contributed by atoms with Crippen LogP contribution in [0.25, 0.3) is 0 Å². The minimum Gasteiger partial charge on any atom is -0.492 e. The Morgan fingerprint density at radius 3 is 2.87 bits per heavy atom. The largest absolute Gasteiger partial charge is 0.492 e. The number of carbonyl (C=O) groups is 1. The number of halogens is 2. The van der Waals surface area contributed by atoms with E-state index in [9.17, 15) is 13.6 Å². The highest BCUT2D eigenvalue weighted by molar-refractivity contribution is 5.91. The van der Waals surface area contributed by atoms with Crippen LogP contribution in [0.4, 0.5) is 8.78 Å². The minimum atomic E-state index is -3.00. The van der Waals surface area contributed by atoms with E-state index < -0.39 is 18.3 Å².